The number of nitrogens with one attached hydrogen (secondary N) is 1. The molecule has 0 saturated heterocycles. The summed E-state index contributed by atoms with van der Waals surface area (Å²) in [5.74, 6) is -0.248. The smallest absolute Gasteiger partial charge is 0.260 e. The number of aromatic nitrogens is 1. The standard InChI is InChI=1S/C11H11FN2OS/c1-13-7-8-4-9(12)6-10(5-8)16-11-14-2-3-15-11/h2-6,13H,7H2,1H3. The van der Waals surface area contributed by atoms with Gasteiger partial charge in [0.15, 0.2) is 0 Å². The number of oxazole rings is 1. The molecule has 0 radical (unpaired) electrons. The Morgan fingerprint density at radius 1 is 1.44 bits per heavy atom. The van der Waals surface area contributed by atoms with Crippen molar-refractivity contribution in [2.75, 3.05) is 7.05 Å². The van der Waals surface area contributed by atoms with Gasteiger partial charge in [-0.2, -0.15) is 0 Å². The normalized spacial score (nSPS) is 10.6. The summed E-state index contributed by atoms with van der Waals surface area (Å²) in [4.78, 5) is 4.76. The van der Waals surface area contributed by atoms with Gasteiger partial charge >= 0.3 is 0 Å². The van der Waals surface area contributed by atoms with Crippen LogP contribution in [0.15, 0.2) is 45.2 Å². The van der Waals surface area contributed by atoms with Gasteiger partial charge in [-0.15, -0.1) is 0 Å². The maximum absolute atomic E-state index is 13.3. The van der Waals surface area contributed by atoms with E-state index in [4.69, 9.17) is 4.42 Å². The van der Waals surface area contributed by atoms with Gasteiger partial charge in [0.1, 0.15) is 12.1 Å². The molecule has 16 heavy (non-hydrogen) atoms. The first-order valence-electron chi connectivity index (χ1n) is 4.79. The molecule has 84 valence electrons. The van der Waals surface area contributed by atoms with Crippen molar-refractivity contribution in [3.63, 3.8) is 0 Å². The SMILES string of the molecule is CNCc1cc(F)cc(Sc2ncco2)c1. The van der Waals surface area contributed by atoms with E-state index in [1.54, 1.807) is 6.20 Å². The zero-order chi connectivity index (χ0) is 11.4. The third-order valence-corrected chi connectivity index (χ3v) is 2.77. The number of hydrogen-bond acceptors (Lipinski definition) is 4. The molecule has 2 aromatic rings. The second kappa shape index (κ2) is 5.14. The molecule has 2 rings (SSSR count). The molecule has 0 bridgehead atoms. The van der Waals surface area contributed by atoms with Gasteiger partial charge in [0.05, 0.1) is 6.20 Å². The molecular weight excluding hydrogens is 227 g/mol. The first-order valence-corrected chi connectivity index (χ1v) is 5.61. The number of hydrogen-bond donors (Lipinski definition) is 1. The van der Waals surface area contributed by atoms with Crippen LogP contribution in [0.1, 0.15) is 5.56 Å². The molecule has 0 aliphatic rings. The molecule has 1 aromatic carbocycles. The largest absolute Gasteiger partial charge is 0.440 e. The predicted molar refractivity (Wildman–Crippen MR) is 59.8 cm³/mol. The van der Waals surface area contributed by atoms with Crippen molar-refractivity contribution in [2.45, 2.75) is 16.7 Å². The van der Waals surface area contributed by atoms with Crippen LogP contribution in [-0.2, 0) is 6.54 Å². The van der Waals surface area contributed by atoms with Gasteiger partial charge in [0, 0.05) is 11.4 Å². The van der Waals surface area contributed by atoms with Crippen molar-refractivity contribution >= 4 is 11.8 Å². The van der Waals surface area contributed by atoms with E-state index in [0.29, 0.717) is 11.8 Å². The summed E-state index contributed by atoms with van der Waals surface area (Å²) in [7, 11) is 1.83. The Bertz CT molecular complexity index is 459. The zero-order valence-electron chi connectivity index (χ0n) is 8.74. The van der Waals surface area contributed by atoms with Gasteiger partial charge in [-0.05, 0) is 42.6 Å². The summed E-state index contributed by atoms with van der Waals surface area (Å²) < 4.78 is 18.4. The van der Waals surface area contributed by atoms with Gasteiger partial charge in [0.2, 0.25) is 0 Å². The first-order chi connectivity index (χ1) is 7.78. The molecule has 0 saturated carbocycles. The summed E-state index contributed by atoms with van der Waals surface area (Å²) in [5.41, 5.74) is 0.900. The molecule has 0 fully saturated rings. The fourth-order valence-corrected chi connectivity index (χ4v) is 2.15. The Balaban J connectivity index is 2.20. The van der Waals surface area contributed by atoms with E-state index < -0.39 is 0 Å². The topological polar surface area (TPSA) is 38.1 Å². The van der Waals surface area contributed by atoms with Crippen LogP contribution < -0.4 is 5.32 Å². The fraction of sp³-hybridized carbons (Fsp3) is 0.182. The van der Waals surface area contributed by atoms with Gasteiger partial charge in [-0.3, -0.25) is 0 Å². The molecule has 0 atom stereocenters. The highest BCUT2D eigenvalue weighted by atomic mass is 32.2. The molecule has 1 heterocycles. The minimum absolute atomic E-state index is 0.248. The number of halogens is 1. The lowest BCUT2D eigenvalue weighted by Crippen LogP contribution is -2.05. The highest BCUT2D eigenvalue weighted by Crippen LogP contribution is 2.27. The molecule has 1 aromatic heterocycles. The predicted octanol–water partition coefficient (Wildman–Crippen LogP) is 2.68. The molecule has 0 amide bonds. The van der Waals surface area contributed by atoms with E-state index >= 15 is 0 Å². The van der Waals surface area contributed by atoms with E-state index in [1.807, 2.05) is 13.1 Å². The monoisotopic (exact) mass is 238 g/mol. The van der Waals surface area contributed by atoms with Gasteiger partial charge in [-0.25, -0.2) is 9.37 Å². The van der Waals surface area contributed by atoms with Crippen LogP contribution in [0, 0.1) is 5.82 Å². The number of rotatable bonds is 4. The van der Waals surface area contributed by atoms with Crippen LogP contribution in [0.25, 0.3) is 0 Å². The molecule has 3 nitrogen and oxygen atoms in total. The molecule has 0 aliphatic carbocycles. The number of benzene rings is 1. The second-order valence-corrected chi connectivity index (χ2v) is 4.25. The Kier molecular flexibility index (Phi) is 3.58. The van der Waals surface area contributed by atoms with E-state index in [2.05, 4.69) is 10.3 Å². The van der Waals surface area contributed by atoms with Crippen molar-refractivity contribution in [1.29, 1.82) is 0 Å². The van der Waals surface area contributed by atoms with Crippen LogP contribution in [0.3, 0.4) is 0 Å². The van der Waals surface area contributed by atoms with Crippen molar-refractivity contribution in [2.24, 2.45) is 0 Å². The Labute approximate surface area is 97.1 Å². The molecule has 0 aliphatic heterocycles. The summed E-state index contributed by atoms with van der Waals surface area (Å²) in [6.45, 7) is 0.636. The van der Waals surface area contributed by atoms with Gasteiger partial charge in [0.25, 0.3) is 5.22 Å². The van der Waals surface area contributed by atoms with Gasteiger partial charge in [-0.1, -0.05) is 0 Å². The molecule has 1 N–H and O–H groups in total. The molecule has 0 spiro atoms. The molecule has 0 unspecified atom stereocenters. The van der Waals surface area contributed by atoms with E-state index in [9.17, 15) is 4.39 Å². The van der Waals surface area contributed by atoms with Crippen molar-refractivity contribution in [1.82, 2.24) is 10.3 Å². The van der Waals surface area contributed by atoms with E-state index in [1.165, 1.54) is 30.2 Å². The summed E-state index contributed by atoms with van der Waals surface area (Å²) in [5, 5.41) is 3.50. The Morgan fingerprint density at radius 2 is 2.31 bits per heavy atom. The lowest BCUT2D eigenvalue weighted by molar-refractivity contribution is 0.454. The van der Waals surface area contributed by atoms with E-state index in [0.717, 1.165) is 10.5 Å². The van der Waals surface area contributed by atoms with Crippen LogP contribution in [-0.4, -0.2) is 12.0 Å². The van der Waals surface area contributed by atoms with E-state index in [-0.39, 0.29) is 5.82 Å². The second-order valence-electron chi connectivity index (χ2n) is 3.23. The molecule has 5 heteroatoms. The van der Waals surface area contributed by atoms with Crippen LogP contribution >= 0.6 is 11.8 Å². The number of nitrogens with zero attached hydrogens (tertiary/aromatic N) is 1. The zero-order valence-corrected chi connectivity index (χ0v) is 9.55. The Morgan fingerprint density at radius 3 is 3.00 bits per heavy atom. The maximum atomic E-state index is 13.3. The average Bonchev–Trinajstić information content (AvgIpc) is 2.70. The highest BCUT2D eigenvalue weighted by molar-refractivity contribution is 7.99. The van der Waals surface area contributed by atoms with Crippen LogP contribution in [0.2, 0.25) is 0 Å². The summed E-state index contributed by atoms with van der Waals surface area (Å²) in [6.07, 6.45) is 3.06. The Hall–Kier alpha value is -1.33. The minimum atomic E-state index is -0.248. The van der Waals surface area contributed by atoms with Crippen LogP contribution in [0.5, 0.6) is 0 Å². The minimum Gasteiger partial charge on any atom is -0.440 e. The lowest BCUT2D eigenvalue weighted by Gasteiger charge is -2.03. The summed E-state index contributed by atoms with van der Waals surface area (Å²) in [6, 6.07) is 4.89. The van der Waals surface area contributed by atoms with Crippen molar-refractivity contribution in [3.05, 3.63) is 42.0 Å². The third kappa shape index (κ3) is 2.84. The van der Waals surface area contributed by atoms with Crippen LogP contribution in [0.4, 0.5) is 4.39 Å². The highest BCUT2D eigenvalue weighted by Gasteiger charge is 2.05. The maximum Gasteiger partial charge on any atom is 0.260 e. The third-order valence-electron chi connectivity index (χ3n) is 1.93. The lowest BCUT2D eigenvalue weighted by atomic mass is 10.2. The summed E-state index contributed by atoms with van der Waals surface area (Å²) >= 11 is 1.30. The quantitative estimate of drug-likeness (QED) is 0.888. The average molecular weight is 238 g/mol. The van der Waals surface area contributed by atoms with Crippen molar-refractivity contribution < 1.29 is 8.81 Å². The first kappa shape index (κ1) is 11.2. The fourth-order valence-electron chi connectivity index (χ4n) is 1.35. The van der Waals surface area contributed by atoms with Crippen molar-refractivity contribution in [3.8, 4) is 0 Å². The molecular formula is C11H11FN2OS. The van der Waals surface area contributed by atoms with Gasteiger partial charge < -0.3 is 9.73 Å².